The van der Waals surface area contributed by atoms with Gasteiger partial charge in [-0.15, -0.1) is 11.8 Å². The van der Waals surface area contributed by atoms with Gasteiger partial charge in [0.1, 0.15) is 0 Å². The lowest BCUT2D eigenvalue weighted by Gasteiger charge is -2.20. The number of rotatable bonds is 9. The number of nitrogens with zero attached hydrogens (tertiary/aromatic N) is 2. The highest BCUT2D eigenvalue weighted by Crippen LogP contribution is 2.29. The molecule has 1 N–H and O–H groups in total. The topological polar surface area (TPSA) is 79.4 Å². The molecule has 160 valence electrons. The lowest BCUT2D eigenvalue weighted by molar-refractivity contribution is 0.102. The first-order valence-corrected chi connectivity index (χ1v) is 13.2. The molecule has 1 heterocycles. The minimum Gasteiger partial charge on any atom is -0.298 e. The molecule has 30 heavy (non-hydrogen) atoms. The van der Waals surface area contributed by atoms with Gasteiger partial charge in [-0.3, -0.25) is 10.1 Å². The molecule has 1 aromatic heterocycles. The Morgan fingerprint density at radius 2 is 1.90 bits per heavy atom. The molecular formula is C21H25N3O3S3. The Labute approximate surface area is 185 Å². The molecule has 0 bridgehead atoms. The van der Waals surface area contributed by atoms with E-state index in [0.29, 0.717) is 23.8 Å². The minimum absolute atomic E-state index is 0.196. The minimum atomic E-state index is -3.56. The van der Waals surface area contributed by atoms with Crippen molar-refractivity contribution >= 4 is 54.4 Å². The molecular weight excluding hydrogens is 438 g/mol. The number of hydrogen-bond donors (Lipinski definition) is 1. The third-order valence-electron chi connectivity index (χ3n) is 4.68. The number of thiazole rings is 1. The highest BCUT2D eigenvalue weighted by atomic mass is 32.2. The number of benzene rings is 2. The molecule has 0 fully saturated rings. The molecule has 1 amide bonds. The van der Waals surface area contributed by atoms with Crippen LogP contribution in [0.15, 0.2) is 52.3 Å². The zero-order valence-electron chi connectivity index (χ0n) is 17.2. The van der Waals surface area contributed by atoms with Gasteiger partial charge >= 0.3 is 0 Å². The van der Waals surface area contributed by atoms with E-state index in [1.54, 1.807) is 11.8 Å². The number of aromatic nitrogens is 1. The average Bonchev–Trinajstić information content (AvgIpc) is 3.15. The number of carbonyl (C=O) groups is 1. The molecule has 0 radical (unpaired) electrons. The van der Waals surface area contributed by atoms with E-state index in [4.69, 9.17) is 0 Å². The van der Waals surface area contributed by atoms with Gasteiger partial charge in [0.25, 0.3) is 5.91 Å². The largest absolute Gasteiger partial charge is 0.298 e. The summed E-state index contributed by atoms with van der Waals surface area (Å²) in [7, 11) is -3.56. The molecule has 0 saturated carbocycles. The first-order chi connectivity index (χ1) is 14.4. The van der Waals surface area contributed by atoms with Crippen LogP contribution in [-0.4, -0.2) is 43.0 Å². The molecule has 0 unspecified atom stereocenters. The summed E-state index contributed by atoms with van der Waals surface area (Å²) in [6, 6.07) is 12.0. The maximum Gasteiger partial charge on any atom is 0.257 e. The van der Waals surface area contributed by atoms with Gasteiger partial charge in [-0.1, -0.05) is 31.6 Å². The van der Waals surface area contributed by atoms with E-state index < -0.39 is 10.0 Å². The second-order valence-corrected chi connectivity index (χ2v) is 10.5. The Balaban J connectivity index is 1.75. The smallest absolute Gasteiger partial charge is 0.257 e. The molecule has 3 aromatic rings. The van der Waals surface area contributed by atoms with Crippen molar-refractivity contribution in [1.82, 2.24) is 9.29 Å². The average molecular weight is 464 g/mol. The Morgan fingerprint density at radius 1 is 1.17 bits per heavy atom. The fraction of sp³-hybridized carbons (Fsp3) is 0.333. The summed E-state index contributed by atoms with van der Waals surface area (Å²) in [5, 5.41) is 3.32. The maximum atomic E-state index is 12.8. The van der Waals surface area contributed by atoms with Crippen LogP contribution in [0.3, 0.4) is 0 Å². The van der Waals surface area contributed by atoms with Crippen molar-refractivity contribution in [1.29, 1.82) is 0 Å². The van der Waals surface area contributed by atoms with E-state index in [2.05, 4.69) is 10.3 Å². The van der Waals surface area contributed by atoms with Crippen LogP contribution in [0, 0.1) is 0 Å². The number of hydrogen-bond acceptors (Lipinski definition) is 6. The van der Waals surface area contributed by atoms with Crippen LogP contribution in [0.4, 0.5) is 5.13 Å². The van der Waals surface area contributed by atoms with Crippen molar-refractivity contribution < 1.29 is 13.2 Å². The van der Waals surface area contributed by atoms with E-state index in [1.807, 2.05) is 38.3 Å². The molecule has 0 aliphatic heterocycles. The summed E-state index contributed by atoms with van der Waals surface area (Å²) in [6.07, 6.45) is 3.75. The van der Waals surface area contributed by atoms with Gasteiger partial charge in [0.15, 0.2) is 5.13 Å². The number of fused-ring (bicyclic) bond motifs is 1. The molecule has 0 aliphatic rings. The third kappa shape index (κ3) is 5.03. The van der Waals surface area contributed by atoms with E-state index in [9.17, 15) is 13.2 Å². The normalized spacial score (nSPS) is 11.9. The monoisotopic (exact) mass is 463 g/mol. The number of sulfonamides is 1. The lowest BCUT2D eigenvalue weighted by Crippen LogP contribution is -2.31. The zero-order chi connectivity index (χ0) is 21.7. The van der Waals surface area contributed by atoms with Crippen LogP contribution in [0.2, 0.25) is 0 Å². The summed E-state index contributed by atoms with van der Waals surface area (Å²) in [5.74, 6) is -0.318. The van der Waals surface area contributed by atoms with Gasteiger partial charge < -0.3 is 0 Å². The van der Waals surface area contributed by atoms with E-state index in [1.165, 1.54) is 39.9 Å². The van der Waals surface area contributed by atoms with Gasteiger partial charge in [0, 0.05) is 23.5 Å². The Morgan fingerprint density at radius 3 is 2.53 bits per heavy atom. The first-order valence-electron chi connectivity index (χ1n) is 9.75. The van der Waals surface area contributed by atoms with Gasteiger partial charge in [0.2, 0.25) is 10.0 Å². The molecule has 6 nitrogen and oxygen atoms in total. The number of unbranched alkanes of at least 4 members (excludes halogenated alkanes) is 1. The van der Waals surface area contributed by atoms with Crippen molar-refractivity contribution in [3.63, 3.8) is 0 Å². The van der Waals surface area contributed by atoms with Gasteiger partial charge in [-0.25, -0.2) is 13.4 Å². The molecule has 0 saturated heterocycles. The predicted molar refractivity (Wildman–Crippen MR) is 125 cm³/mol. The number of anilines is 1. The standard InChI is InChI=1S/C21H25N3O3S3/c1-4-6-13-24(5-2)30(26,27)17-10-7-15(8-11-17)20(25)23-21-22-18-12-9-16(28-3)14-19(18)29-21/h7-12,14H,4-6,13H2,1-3H3,(H,22,23,25). The van der Waals surface area contributed by atoms with Crippen molar-refractivity contribution in [2.24, 2.45) is 0 Å². The second kappa shape index (κ2) is 9.91. The number of thioether (sulfide) groups is 1. The Hall–Kier alpha value is -1.94. The summed E-state index contributed by atoms with van der Waals surface area (Å²) in [6.45, 7) is 4.77. The molecule has 0 atom stereocenters. The molecule has 0 aliphatic carbocycles. The predicted octanol–water partition coefficient (Wildman–Crippen LogP) is 5.08. The van der Waals surface area contributed by atoms with Crippen molar-refractivity contribution in [2.45, 2.75) is 36.5 Å². The van der Waals surface area contributed by atoms with E-state index in [-0.39, 0.29) is 10.8 Å². The first kappa shape index (κ1) is 22.7. The second-order valence-electron chi connectivity index (χ2n) is 6.68. The highest BCUT2D eigenvalue weighted by molar-refractivity contribution is 7.98. The van der Waals surface area contributed by atoms with Gasteiger partial charge in [-0.2, -0.15) is 4.31 Å². The van der Waals surface area contributed by atoms with E-state index in [0.717, 1.165) is 28.0 Å². The Bertz CT molecular complexity index is 1130. The SMILES string of the molecule is CCCCN(CC)S(=O)(=O)c1ccc(C(=O)Nc2nc3ccc(SC)cc3s2)cc1. The molecule has 9 heteroatoms. The van der Waals surface area contributed by atoms with Crippen molar-refractivity contribution in [3.8, 4) is 0 Å². The highest BCUT2D eigenvalue weighted by Gasteiger charge is 2.22. The van der Waals surface area contributed by atoms with Crippen molar-refractivity contribution in [3.05, 3.63) is 48.0 Å². The number of nitrogens with one attached hydrogen (secondary N) is 1. The molecule has 3 rings (SSSR count). The van der Waals surface area contributed by atoms with Crippen LogP contribution in [-0.2, 0) is 10.0 Å². The van der Waals surface area contributed by atoms with Crippen LogP contribution < -0.4 is 5.32 Å². The number of amides is 1. The molecule has 2 aromatic carbocycles. The fourth-order valence-corrected chi connectivity index (χ4v) is 5.87. The lowest BCUT2D eigenvalue weighted by atomic mass is 10.2. The van der Waals surface area contributed by atoms with Crippen LogP contribution >= 0.6 is 23.1 Å². The van der Waals surface area contributed by atoms with Gasteiger partial charge in [-0.05, 0) is 55.1 Å². The molecule has 0 spiro atoms. The third-order valence-corrected chi connectivity index (χ3v) is 8.33. The number of carbonyl (C=O) groups excluding carboxylic acids is 1. The van der Waals surface area contributed by atoms with Crippen molar-refractivity contribution in [2.75, 3.05) is 24.7 Å². The van der Waals surface area contributed by atoms with Gasteiger partial charge in [0.05, 0.1) is 15.1 Å². The van der Waals surface area contributed by atoms with Crippen LogP contribution in [0.1, 0.15) is 37.0 Å². The quantitative estimate of drug-likeness (QED) is 0.448. The summed E-state index contributed by atoms with van der Waals surface area (Å²) < 4.78 is 28.1. The fourth-order valence-electron chi connectivity index (χ4n) is 2.96. The summed E-state index contributed by atoms with van der Waals surface area (Å²) in [5.41, 5.74) is 1.22. The van der Waals surface area contributed by atoms with Crippen LogP contribution in [0.5, 0.6) is 0 Å². The maximum absolute atomic E-state index is 12.8. The van der Waals surface area contributed by atoms with E-state index >= 15 is 0 Å². The summed E-state index contributed by atoms with van der Waals surface area (Å²) >= 11 is 3.07. The Kier molecular flexibility index (Phi) is 7.51. The van der Waals surface area contributed by atoms with Crippen LogP contribution in [0.25, 0.3) is 10.2 Å². The summed E-state index contributed by atoms with van der Waals surface area (Å²) in [4.78, 5) is 18.4. The zero-order valence-corrected chi connectivity index (χ0v) is 19.7.